The summed E-state index contributed by atoms with van der Waals surface area (Å²) < 4.78 is 0. The molecule has 0 aliphatic heterocycles. The number of phenolic OH excluding ortho intramolecular Hbond substituents is 1. The van der Waals surface area contributed by atoms with E-state index in [0.717, 1.165) is 18.5 Å². The third kappa shape index (κ3) is 4.34. The van der Waals surface area contributed by atoms with Crippen molar-refractivity contribution < 1.29 is 5.11 Å². The van der Waals surface area contributed by atoms with Gasteiger partial charge in [-0.1, -0.05) is 12.1 Å². The molecule has 15 heavy (non-hydrogen) atoms. The normalized spacial score (nSPS) is 11.7. The van der Waals surface area contributed by atoms with Gasteiger partial charge in [-0.05, 0) is 57.9 Å². The maximum Gasteiger partial charge on any atom is 0.118 e. The van der Waals surface area contributed by atoms with Gasteiger partial charge in [0.2, 0.25) is 0 Å². The zero-order chi connectivity index (χ0) is 11.5. The molecule has 2 heteroatoms. The Morgan fingerprint density at radius 2 is 1.93 bits per heavy atom. The van der Waals surface area contributed by atoms with E-state index in [4.69, 9.17) is 0 Å². The smallest absolute Gasteiger partial charge is 0.118 e. The van der Waals surface area contributed by atoms with Crippen LogP contribution < -0.4 is 5.32 Å². The van der Waals surface area contributed by atoms with Crippen LogP contribution in [0.25, 0.3) is 0 Å². The van der Waals surface area contributed by atoms with E-state index in [-0.39, 0.29) is 5.54 Å². The Labute approximate surface area is 92.3 Å². The zero-order valence-electron chi connectivity index (χ0n) is 10.1. The lowest BCUT2D eigenvalue weighted by Crippen LogP contribution is -2.37. The van der Waals surface area contributed by atoms with Crippen LogP contribution in [-0.4, -0.2) is 17.2 Å². The summed E-state index contributed by atoms with van der Waals surface area (Å²) in [4.78, 5) is 0. The molecule has 0 unspecified atom stereocenters. The highest BCUT2D eigenvalue weighted by molar-refractivity contribution is 5.34. The molecule has 1 aromatic rings. The Balaban J connectivity index is 2.48. The van der Waals surface area contributed by atoms with Crippen molar-refractivity contribution >= 4 is 0 Å². The van der Waals surface area contributed by atoms with Crippen LogP contribution in [0.5, 0.6) is 5.75 Å². The lowest BCUT2D eigenvalue weighted by Gasteiger charge is -2.20. The quantitative estimate of drug-likeness (QED) is 0.798. The van der Waals surface area contributed by atoms with E-state index in [0.29, 0.717) is 5.75 Å². The van der Waals surface area contributed by atoms with E-state index in [9.17, 15) is 5.11 Å². The first-order valence-electron chi connectivity index (χ1n) is 5.42. The fourth-order valence-corrected chi connectivity index (χ4v) is 1.45. The SMILES string of the molecule is Cc1cc(CCNC(C)(C)C)ccc1O. The minimum atomic E-state index is 0.173. The summed E-state index contributed by atoms with van der Waals surface area (Å²) in [6.07, 6.45) is 0.998. The Hall–Kier alpha value is -1.02. The summed E-state index contributed by atoms with van der Waals surface area (Å²) in [6.45, 7) is 9.38. The van der Waals surface area contributed by atoms with Crippen molar-refractivity contribution in [2.45, 2.75) is 39.7 Å². The van der Waals surface area contributed by atoms with E-state index in [1.807, 2.05) is 19.1 Å². The van der Waals surface area contributed by atoms with Crippen LogP contribution in [0.2, 0.25) is 0 Å². The molecule has 0 saturated heterocycles. The fourth-order valence-electron chi connectivity index (χ4n) is 1.45. The monoisotopic (exact) mass is 207 g/mol. The third-order valence-corrected chi connectivity index (χ3v) is 2.33. The highest BCUT2D eigenvalue weighted by Gasteiger charge is 2.07. The van der Waals surface area contributed by atoms with Crippen LogP contribution >= 0.6 is 0 Å². The largest absolute Gasteiger partial charge is 0.508 e. The number of hydrogen-bond donors (Lipinski definition) is 2. The summed E-state index contributed by atoms with van der Waals surface area (Å²) in [6, 6.07) is 5.79. The van der Waals surface area contributed by atoms with Crippen LogP contribution in [0.3, 0.4) is 0 Å². The molecule has 84 valence electrons. The Kier molecular flexibility index (Phi) is 3.75. The molecule has 0 atom stereocenters. The number of nitrogens with one attached hydrogen (secondary N) is 1. The van der Waals surface area contributed by atoms with Crippen LogP contribution in [0, 0.1) is 6.92 Å². The lowest BCUT2D eigenvalue weighted by molar-refractivity contribution is 0.429. The molecule has 0 radical (unpaired) electrons. The molecule has 1 rings (SSSR count). The van der Waals surface area contributed by atoms with Crippen LogP contribution in [0.4, 0.5) is 0 Å². The Bertz CT molecular complexity index is 326. The minimum absolute atomic E-state index is 0.173. The van der Waals surface area contributed by atoms with Gasteiger partial charge in [-0.25, -0.2) is 0 Å². The number of aromatic hydroxyl groups is 1. The van der Waals surface area contributed by atoms with Crippen LogP contribution in [0.15, 0.2) is 18.2 Å². The van der Waals surface area contributed by atoms with Crippen molar-refractivity contribution in [1.29, 1.82) is 0 Å². The molecule has 0 aliphatic rings. The second kappa shape index (κ2) is 4.67. The van der Waals surface area contributed by atoms with Crippen molar-refractivity contribution in [2.24, 2.45) is 0 Å². The number of rotatable bonds is 3. The van der Waals surface area contributed by atoms with Crippen LogP contribution in [0.1, 0.15) is 31.9 Å². The second-order valence-electron chi connectivity index (χ2n) is 5.05. The molecule has 1 aromatic carbocycles. The van der Waals surface area contributed by atoms with E-state index in [2.05, 4.69) is 26.1 Å². The van der Waals surface area contributed by atoms with Gasteiger partial charge in [-0.3, -0.25) is 0 Å². The molecule has 0 saturated carbocycles. The average molecular weight is 207 g/mol. The number of aryl methyl sites for hydroxylation is 1. The van der Waals surface area contributed by atoms with Gasteiger partial charge >= 0.3 is 0 Å². The summed E-state index contributed by atoms with van der Waals surface area (Å²) >= 11 is 0. The van der Waals surface area contributed by atoms with Crippen molar-refractivity contribution in [3.8, 4) is 5.75 Å². The van der Waals surface area contributed by atoms with Gasteiger partial charge in [0.05, 0.1) is 0 Å². The first-order valence-corrected chi connectivity index (χ1v) is 5.42. The minimum Gasteiger partial charge on any atom is -0.508 e. The zero-order valence-corrected chi connectivity index (χ0v) is 10.1. The van der Waals surface area contributed by atoms with E-state index in [1.54, 1.807) is 6.07 Å². The van der Waals surface area contributed by atoms with E-state index in [1.165, 1.54) is 5.56 Å². The standard InChI is InChI=1S/C13H21NO/c1-10-9-11(5-6-12(10)15)7-8-14-13(2,3)4/h5-6,9,14-15H,7-8H2,1-4H3. The molecule has 0 aliphatic carbocycles. The number of benzene rings is 1. The number of hydrogen-bond acceptors (Lipinski definition) is 2. The van der Waals surface area contributed by atoms with Gasteiger partial charge < -0.3 is 10.4 Å². The van der Waals surface area contributed by atoms with Crippen molar-refractivity contribution in [3.63, 3.8) is 0 Å². The summed E-state index contributed by atoms with van der Waals surface area (Å²) in [5, 5.41) is 12.8. The maximum atomic E-state index is 9.38. The van der Waals surface area contributed by atoms with Crippen molar-refractivity contribution in [2.75, 3.05) is 6.54 Å². The molecular weight excluding hydrogens is 186 g/mol. The molecular formula is C13H21NO. The Morgan fingerprint density at radius 1 is 1.27 bits per heavy atom. The molecule has 0 spiro atoms. The summed E-state index contributed by atoms with van der Waals surface area (Å²) in [7, 11) is 0. The highest BCUT2D eigenvalue weighted by atomic mass is 16.3. The maximum absolute atomic E-state index is 9.38. The predicted octanol–water partition coefficient (Wildman–Crippen LogP) is 2.63. The molecule has 0 amide bonds. The average Bonchev–Trinajstić information content (AvgIpc) is 2.09. The van der Waals surface area contributed by atoms with Gasteiger partial charge in [-0.15, -0.1) is 0 Å². The molecule has 0 heterocycles. The van der Waals surface area contributed by atoms with E-state index < -0.39 is 0 Å². The number of phenols is 1. The van der Waals surface area contributed by atoms with Crippen LogP contribution in [-0.2, 0) is 6.42 Å². The molecule has 0 aromatic heterocycles. The van der Waals surface area contributed by atoms with Gasteiger partial charge in [0, 0.05) is 5.54 Å². The summed E-state index contributed by atoms with van der Waals surface area (Å²) in [5.41, 5.74) is 2.39. The topological polar surface area (TPSA) is 32.3 Å². The van der Waals surface area contributed by atoms with E-state index >= 15 is 0 Å². The van der Waals surface area contributed by atoms with Crippen molar-refractivity contribution in [1.82, 2.24) is 5.32 Å². The van der Waals surface area contributed by atoms with Gasteiger partial charge in [-0.2, -0.15) is 0 Å². The van der Waals surface area contributed by atoms with Crippen molar-refractivity contribution in [3.05, 3.63) is 29.3 Å². The van der Waals surface area contributed by atoms with Gasteiger partial charge in [0.1, 0.15) is 5.75 Å². The van der Waals surface area contributed by atoms with Gasteiger partial charge in [0.25, 0.3) is 0 Å². The fraction of sp³-hybridized carbons (Fsp3) is 0.538. The first kappa shape index (κ1) is 12.1. The molecule has 2 nitrogen and oxygen atoms in total. The predicted molar refractivity (Wildman–Crippen MR) is 64.3 cm³/mol. The molecule has 2 N–H and O–H groups in total. The summed E-state index contributed by atoms with van der Waals surface area (Å²) in [5.74, 6) is 0.377. The van der Waals surface area contributed by atoms with Gasteiger partial charge in [0.15, 0.2) is 0 Å². The lowest BCUT2D eigenvalue weighted by atomic mass is 10.1. The highest BCUT2D eigenvalue weighted by Crippen LogP contribution is 2.17. The molecule has 0 bridgehead atoms. The Morgan fingerprint density at radius 3 is 2.47 bits per heavy atom. The first-order chi connectivity index (χ1) is 6.88. The second-order valence-corrected chi connectivity index (χ2v) is 5.05. The molecule has 0 fully saturated rings. The third-order valence-electron chi connectivity index (χ3n) is 2.33.